The molecule has 10 heteroatoms. The van der Waals surface area contributed by atoms with Gasteiger partial charge in [-0.15, -0.1) is 23.7 Å². The Bertz CT molecular complexity index is 1210. The third-order valence-corrected chi connectivity index (χ3v) is 8.34. The van der Waals surface area contributed by atoms with Gasteiger partial charge < -0.3 is 5.73 Å². The van der Waals surface area contributed by atoms with Gasteiger partial charge in [0, 0.05) is 18.9 Å². The van der Waals surface area contributed by atoms with Crippen LogP contribution in [0.2, 0.25) is 0 Å². The van der Waals surface area contributed by atoms with Crippen LogP contribution in [0.3, 0.4) is 0 Å². The first-order chi connectivity index (χ1) is 12.6. The van der Waals surface area contributed by atoms with Crippen molar-refractivity contribution in [3.63, 3.8) is 0 Å². The van der Waals surface area contributed by atoms with Crippen LogP contribution in [0.1, 0.15) is 4.88 Å². The summed E-state index contributed by atoms with van der Waals surface area (Å²) in [6.07, 6.45) is 1.00. The van der Waals surface area contributed by atoms with Gasteiger partial charge in [-0.1, -0.05) is 30.3 Å². The van der Waals surface area contributed by atoms with Crippen molar-refractivity contribution in [2.45, 2.75) is 20.5 Å². The minimum Gasteiger partial charge on any atom is -0.326 e. The second-order valence-corrected chi connectivity index (χ2v) is 11.2. The van der Waals surface area contributed by atoms with Crippen molar-refractivity contribution in [2.75, 3.05) is 6.26 Å². The number of hydrogen-bond donors (Lipinski definition) is 1. The standard InChI is InChI=1S/C18H16FNO4S3.ClH/c1-26(21,22)14-7-13(12-5-3-2-4-6-12)8-15(9-14)27(23,24)18-10-16(19)17(11-20)25-18;/h2-10H,11,20H2,1H3;1H. The Morgan fingerprint density at radius 3 is 2.07 bits per heavy atom. The number of nitrogens with two attached hydrogens (primary N) is 1. The molecule has 0 atom stereocenters. The highest BCUT2D eigenvalue weighted by Crippen LogP contribution is 2.33. The normalized spacial score (nSPS) is 11.8. The van der Waals surface area contributed by atoms with Crippen molar-refractivity contribution < 1.29 is 21.2 Å². The molecule has 28 heavy (non-hydrogen) atoms. The molecule has 0 amide bonds. The third-order valence-electron chi connectivity index (χ3n) is 3.91. The zero-order valence-corrected chi connectivity index (χ0v) is 17.9. The van der Waals surface area contributed by atoms with Crippen molar-refractivity contribution in [2.24, 2.45) is 5.73 Å². The first kappa shape index (κ1) is 22.5. The van der Waals surface area contributed by atoms with Crippen LogP contribution < -0.4 is 5.73 Å². The van der Waals surface area contributed by atoms with Crippen LogP contribution in [0.5, 0.6) is 0 Å². The van der Waals surface area contributed by atoms with E-state index in [1.165, 1.54) is 12.1 Å². The van der Waals surface area contributed by atoms with E-state index in [0.717, 1.165) is 29.7 Å². The first-order valence-electron chi connectivity index (χ1n) is 7.77. The van der Waals surface area contributed by atoms with E-state index in [4.69, 9.17) is 5.73 Å². The maximum Gasteiger partial charge on any atom is 0.216 e. The fourth-order valence-corrected chi connectivity index (χ4v) is 6.00. The van der Waals surface area contributed by atoms with E-state index < -0.39 is 25.5 Å². The zero-order chi connectivity index (χ0) is 19.8. The summed E-state index contributed by atoms with van der Waals surface area (Å²) in [5.74, 6) is -0.691. The highest BCUT2D eigenvalue weighted by molar-refractivity contribution is 7.93. The van der Waals surface area contributed by atoms with E-state index in [9.17, 15) is 21.2 Å². The van der Waals surface area contributed by atoms with E-state index in [-0.39, 0.29) is 37.8 Å². The highest BCUT2D eigenvalue weighted by atomic mass is 35.5. The van der Waals surface area contributed by atoms with Crippen LogP contribution in [0.25, 0.3) is 11.1 Å². The molecule has 2 aromatic carbocycles. The Morgan fingerprint density at radius 1 is 0.929 bits per heavy atom. The lowest BCUT2D eigenvalue weighted by Crippen LogP contribution is -2.04. The molecule has 0 unspecified atom stereocenters. The van der Waals surface area contributed by atoms with Crippen LogP contribution in [0.4, 0.5) is 4.39 Å². The molecule has 0 fully saturated rings. The van der Waals surface area contributed by atoms with Gasteiger partial charge in [0.25, 0.3) is 0 Å². The third kappa shape index (κ3) is 4.44. The second kappa shape index (κ2) is 8.30. The lowest BCUT2D eigenvalue weighted by atomic mass is 10.1. The van der Waals surface area contributed by atoms with Gasteiger partial charge in [-0.25, -0.2) is 21.2 Å². The molecule has 5 nitrogen and oxygen atoms in total. The van der Waals surface area contributed by atoms with Crippen LogP contribution in [0, 0.1) is 5.82 Å². The van der Waals surface area contributed by atoms with Crippen molar-refractivity contribution in [1.29, 1.82) is 0 Å². The van der Waals surface area contributed by atoms with Gasteiger partial charge in [-0.2, -0.15) is 0 Å². The predicted octanol–water partition coefficient (Wildman–Crippen LogP) is 3.67. The Kier molecular flexibility index (Phi) is 6.67. The number of hydrogen-bond acceptors (Lipinski definition) is 6. The van der Waals surface area contributed by atoms with Gasteiger partial charge in [-0.3, -0.25) is 0 Å². The smallest absolute Gasteiger partial charge is 0.216 e. The van der Waals surface area contributed by atoms with Gasteiger partial charge in [0.2, 0.25) is 9.84 Å². The first-order valence-corrected chi connectivity index (χ1v) is 12.0. The molecule has 0 aliphatic rings. The number of thiophene rings is 1. The lowest BCUT2D eigenvalue weighted by Gasteiger charge is -2.09. The summed E-state index contributed by atoms with van der Waals surface area (Å²) in [7, 11) is -7.77. The van der Waals surface area contributed by atoms with Gasteiger partial charge in [0.1, 0.15) is 10.0 Å². The summed E-state index contributed by atoms with van der Waals surface area (Å²) in [6.45, 7) is -0.120. The predicted molar refractivity (Wildman–Crippen MR) is 110 cm³/mol. The fourth-order valence-electron chi connectivity index (χ4n) is 2.51. The molecule has 1 aromatic heterocycles. The molecule has 0 saturated carbocycles. The van der Waals surface area contributed by atoms with E-state index in [2.05, 4.69) is 0 Å². The Morgan fingerprint density at radius 2 is 1.54 bits per heavy atom. The van der Waals surface area contributed by atoms with E-state index in [1.54, 1.807) is 30.3 Å². The van der Waals surface area contributed by atoms with Crippen molar-refractivity contribution in [3.05, 3.63) is 65.3 Å². The van der Waals surface area contributed by atoms with E-state index >= 15 is 0 Å². The molecule has 2 N–H and O–H groups in total. The largest absolute Gasteiger partial charge is 0.326 e. The van der Waals surface area contributed by atoms with Crippen molar-refractivity contribution >= 4 is 43.4 Å². The SMILES string of the molecule is CS(=O)(=O)c1cc(-c2ccccc2)cc(S(=O)(=O)c2cc(F)c(CN)s2)c1.Cl. The maximum atomic E-state index is 13.8. The fraction of sp³-hybridized carbons (Fsp3) is 0.111. The average molecular weight is 462 g/mol. The summed E-state index contributed by atoms with van der Waals surface area (Å²) >= 11 is 0.739. The van der Waals surface area contributed by atoms with E-state index in [0.29, 0.717) is 11.1 Å². The molecular formula is C18H17ClFNO4S3. The van der Waals surface area contributed by atoms with E-state index in [1.807, 2.05) is 0 Å². The number of halogens is 2. The zero-order valence-electron chi connectivity index (χ0n) is 14.6. The quantitative estimate of drug-likeness (QED) is 0.625. The second-order valence-electron chi connectivity index (χ2n) is 5.88. The Balaban J connectivity index is 0.00000280. The molecule has 3 rings (SSSR count). The minimum atomic E-state index is -4.11. The molecule has 3 aromatic rings. The molecular weight excluding hydrogens is 445 g/mol. The number of rotatable bonds is 5. The topological polar surface area (TPSA) is 94.3 Å². The molecule has 0 radical (unpaired) electrons. The molecule has 0 saturated heterocycles. The van der Waals surface area contributed by atoms with Gasteiger partial charge in [0.05, 0.1) is 14.7 Å². The molecule has 0 aliphatic carbocycles. The molecule has 0 bridgehead atoms. The summed E-state index contributed by atoms with van der Waals surface area (Å²) in [6, 6.07) is 13.6. The van der Waals surface area contributed by atoms with Crippen molar-refractivity contribution in [1.82, 2.24) is 0 Å². The summed E-state index contributed by atoms with van der Waals surface area (Å²) in [4.78, 5) is -0.219. The Hall–Kier alpha value is -1.78. The molecule has 150 valence electrons. The molecule has 1 heterocycles. The lowest BCUT2D eigenvalue weighted by molar-refractivity contribution is 0.594. The molecule has 0 spiro atoms. The van der Waals surface area contributed by atoms with Gasteiger partial charge >= 0.3 is 0 Å². The average Bonchev–Trinajstić information content (AvgIpc) is 3.03. The minimum absolute atomic E-state index is 0. The van der Waals surface area contributed by atoms with Gasteiger partial charge in [0.15, 0.2) is 9.84 Å². The number of benzene rings is 2. The van der Waals surface area contributed by atoms with Crippen LogP contribution >= 0.6 is 23.7 Å². The monoisotopic (exact) mass is 461 g/mol. The van der Waals surface area contributed by atoms with Crippen molar-refractivity contribution in [3.8, 4) is 11.1 Å². The summed E-state index contributed by atoms with van der Waals surface area (Å²) in [5.41, 5.74) is 6.53. The highest BCUT2D eigenvalue weighted by Gasteiger charge is 2.25. The molecule has 0 aliphatic heterocycles. The van der Waals surface area contributed by atoms with Crippen LogP contribution in [-0.2, 0) is 26.2 Å². The van der Waals surface area contributed by atoms with Crippen LogP contribution in [0.15, 0.2) is 68.6 Å². The maximum absolute atomic E-state index is 13.8. The summed E-state index contributed by atoms with van der Waals surface area (Å²) < 4.78 is 63.7. The van der Waals surface area contributed by atoms with Crippen LogP contribution in [-0.4, -0.2) is 23.1 Å². The number of sulfone groups is 2. The summed E-state index contributed by atoms with van der Waals surface area (Å²) in [5, 5.41) is 0. The Labute approximate surface area is 173 Å². The van der Waals surface area contributed by atoms with Gasteiger partial charge in [-0.05, 0) is 29.3 Å².